The number of nitrogens with two attached hydrogens (primary N) is 1. The van der Waals surface area contributed by atoms with E-state index < -0.39 is 0 Å². The van der Waals surface area contributed by atoms with E-state index in [-0.39, 0.29) is 6.23 Å². The van der Waals surface area contributed by atoms with Crippen molar-refractivity contribution < 1.29 is 19.8 Å². The van der Waals surface area contributed by atoms with Gasteiger partial charge in [0.25, 0.3) is 0 Å². The molecule has 8 nitrogen and oxygen atoms in total. The molecule has 0 spiro atoms. The highest BCUT2D eigenvalue weighted by molar-refractivity contribution is 4.89. The van der Waals surface area contributed by atoms with Gasteiger partial charge in [-0.3, -0.25) is 10.2 Å². The van der Waals surface area contributed by atoms with Crippen molar-refractivity contribution in [2.45, 2.75) is 88.4 Å². The minimum Gasteiger partial charge on any atom is -0.379 e. The summed E-state index contributed by atoms with van der Waals surface area (Å²) in [7, 11) is 0. The number of likely N-dealkylation sites (tertiary alicyclic amines) is 1. The largest absolute Gasteiger partial charge is 0.379 e. The molecule has 6 rings (SSSR count). The zero-order valence-electron chi connectivity index (χ0n) is 20.5. The molecule has 8 heteroatoms. The number of nitrogens with one attached hydrogen (secondary N) is 4. The van der Waals surface area contributed by atoms with E-state index in [2.05, 4.69) is 26.3 Å². The Morgan fingerprint density at radius 2 is 1.88 bits per heavy atom. The fourth-order valence-electron chi connectivity index (χ4n) is 8.03. The van der Waals surface area contributed by atoms with Gasteiger partial charge in [-0.15, -0.1) is 0 Å². The highest BCUT2D eigenvalue weighted by atomic mass is 16.7. The predicted molar refractivity (Wildman–Crippen MR) is 126 cm³/mol. The number of piperidine rings is 2. The molecule has 6 aliphatic rings. The fraction of sp³-hybridized carbons (Fsp3) is 1.00. The molecule has 9 unspecified atom stereocenters. The highest BCUT2D eigenvalue weighted by Gasteiger charge is 2.45. The van der Waals surface area contributed by atoms with Crippen LogP contribution < -0.4 is 26.3 Å². The van der Waals surface area contributed by atoms with Crippen LogP contribution in [0.3, 0.4) is 0 Å². The van der Waals surface area contributed by atoms with Gasteiger partial charge in [0.2, 0.25) is 0 Å². The van der Waals surface area contributed by atoms with Crippen molar-refractivity contribution in [1.29, 1.82) is 0 Å². The van der Waals surface area contributed by atoms with Crippen LogP contribution in [0.2, 0.25) is 0 Å². The topological polar surface area (TPSA) is 78.8 Å². The van der Waals surface area contributed by atoms with E-state index in [0.717, 1.165) is 44.2 Å². The van der Waals surface area contributed by atoms with Gasteiger partial charge in [-0.1, -0.05) is 12.8 Å². The van der Waals surface area contributed by atoms with E-state index >= 15 is 0 Å². The van der Waals surface area contributed by atoms with E-state index in [0.29, 0.717) is 24.3 Å². The number of rotatable bonds is 5. The van der Waals surface area contributed by atoms with Gasteiger partial charge in [0.1, 0.15) is 12.2 Å². The Hall–Kier alpha value is -0.320. The fourth-order valence-corrected chi connectivity index (χ4v) is 8.03. The lowest BCUT2D eigenvalue weighted by molar-refractivity contribution is -0.919. The molecule has 33 heavy (non-hydrogen) atoms. The first-order valence-electron chi connectivity index (χ1n) is 14.2. The zero-order valence-corrected chi connectivity index (χ0v) is 20.5. The second kappa shape index (κ2) is 10.7. The highest BCUT2D eigenvalue weighted by Crippen LogP contribution is 2.32. The van der Waals surface area contributed by atoms with Crippen molar-refractivity contribution in [1.82, 2.24) is 21.0 Å². The van der Waals surface area contributed by atoms with Crippen LogP contribution in [0.5, 0.6) is 0 Å². The molecular formula is C25H48N6O2+2. The van der Waals surface area contributed by atoms with Gasteiger partial charge in [-0.2, -0.15) is 5.48 Å². The summed E-state index contributed by atoms with van der Waals surface area (Å²) < 4.78 is 5.57. The third kappa shape index (κ3) is 5.28. The van der Waals surface area contributed by atoms with Gasteiger partial charge in [0.15, 0.2) is 6.23 Å². The number of fused-ring (bicyclic) bond motifs is 1. The maximum atomic E-state index is 6.25. The monoisotopic (exact) mass is 464 g/mol. The molecule has 188 valence electrons. The van der Waals surface area contributed by atoms with Crippen LogP contribution in [-0.4, -0.2) is 88.0 Å². The smallest absolute Gasteiger partial charge is 0.183 e. The molecule has 0 aromatic rings. The van der Waals surface area contributed by atoms with Crippen molar-refractivity contribution in [3.63, 3.8) is 0 Å². The Morgan fingerprint density at radius 1 is 0.970 bits per heavy atom. The minimum atomic E-state index is 0.166. The summed E-state index contributed by atoms with van der Waals surface area (Å²) >= 11 is 0. The van der Waals surface area contributed by atoms with Gasteiger partial charge < -0.3 is 20.3 Å². The molecule has 0 radical (unpaired) electrons. The Balaban J connectivity index is 1.01. The number of morpholine rings is 1. The Morgan fingerprint density at radius 3 is 2.82 bits per heavy atom. The van der Waals surface area contributed by atoms with Gasteiger partial charge in [-0.05, 0) is 25.2 Å². The number of hydroxylamine groups is 1. The molecule has 6 fully saturated rings. The average Bonchev–Trinajstić information content (AvgIpc) is 3.54. The molecular weight excluding hydrogens is 416 g/mol. The third-order valence-electron chi connectivity index (χ3n) is 9.84. The normalized spacial score (nSPS) is 47.5. The Kier molecular flexibility index (Phi) is 7.52. The summed E-state index contributed by atoms with van der Waals surface area (Å²) in [5, 5.41) is 10.4. The van der Waals surface area contributed by atoms with E-state index in [1.165, 1.54) is 84.0 Å². The number of quaternary nitrogens is 2. The van der Waals surface area contributed by atoms with Crippen molar-refractivity contribution in [3.05, 3.63) is 0 Å². The minimum absolute atomic E-state index is 0.166. The Labute approximate surface area is 199 Å². The molecule has 1 aliphatic carbocycles. The van der Waals surface area contributed by atoms with Crippen LogP contribution in [0.25, 0.3) is 0 Å². The number of ether oxygens (including phenoxy) is 1. The second-order valence-corrected chi connectivity index (χ2v) is 11.8. The Bertz CT molecular complexity index is 634. The summed E-state index contributed by atoms with van der Waals surface area (Å²) in [5.41, 5.74) is 3.44. The van der Waals surface area contributed by atoms with Crippen LogP contribution in [0, 0.1) is 17.8 Å². The first-order valence-corrected chi connectivity index (χ1v) is 14.2. The lowest BCUT2D eigenvalue weighted by Gasteiger charge is -2.41. The summed E-state index contributed by atoms with van der Waals surface area (Å²) in [5.74, 6) is 2.42. The molecule has 1 saturated carbocycles. The van der Waals surface area contributed by atoms with Crippen LogP contribution in [-0.2, 0) is 9.57 Å². The predicted octanol–water partition coefficient (Wildman–Crippen LogP) is -1.39. The van der Waals surface area contributed by atoms with Gasteiger partial charge in [0.05, 0.1) is 39.0 Å². The molecule has 0 bridgehead atoms. The number of hydrogen-bond donors (Lipinski definition) is 5. The van der Waals surface area contributed by atoms with Gasteiger partial charge >= 0.3 is 0 Å². The zero-order chi connectivity index (χ0) is 22.0. The van der Waals surface area contributed by atoms with E-state index in [1.807, 2.05) is 0 Å². The molecule has 0 aromatic carbocycles. The van der Waals surface area contributed by atoms with E-state index in [1.54, 1.807) is 4.90 Å². The van der Waals surface area contributed by atoms with Gasteiger partial charge in [-0.25, -0.2) is 4.90 Å². The number of nitrogens with zero attached hydrogens (tertiary/aromatic N) is 1. The maximum Gasteiger partial charge on any atom is 0.183 e. The molecule has 5 heterocycles. The van der Waals surface area contributed by atoms with Crippen molar-refractivity contribution in [2.24, 2.45) is 17.8 Å². The van der Waals surface area contributed by atoms with Crippen molar-refractivity contribution in [3.8, 4) is 0 Å². The molecule has 5 aliphatic heterocycles. The lowest BCUT2D eigenvalue weighted by atomic mass is 9.76. The van der Waals surface area contributed by atoms with E-state index in [4.69, 9.17) is 9.57 Å². The van der Waals surface area contributed by atoms with Crippen molar-refractivity contribution in [2.75, 3.05) is 52.5 Å². The molecule has 6 N–H and O–H groups in total. The second-order valence-electron chi connectivity index (χ2n) is 11.8. The third-order valence-corrected chi connectivity index (χ3v) is 9.84. The van der Waals surface area contributed by atoms with Crippen LogP contribution in [0.1, 0.15) is 57.8 Å². The SMILES string of the molecule is C1CCC2NCC(C[NH+]3CCCC3C3NC(C4CC[NH2+]C(N5CCOCC5)C4)NO3)CC2C1. The van der Waals surface area contributed by atoms with Crippen LogP contribution in [0.15, 0.2) is 0 Å². The van der Waals surface area contributed by atoms with Crippen LogP contribution in [0.4, 0.5) is 0 Å². The summed E-state index contributed by atoms with van der Waals surface area (Å²) in [6.07, 6.45) is 13.4. The van der Waals surface area contributed by atoms with Gasteiger partial charge in [0, 0.05) is 63.2 Å². The molecule has 9 atom stereocenters. The molecule has 5 saturated heterocycles. The quantitative estimate of drug-likeness (QED) is 0.345. The maximum absolute atomic E-state index is 6.25. The van der Waals surface area contributed by atoms with Crippen molar-refractivity contribution >= 4 is 0 Å². The average molecular weight is 465 g/mol. The first-order chi connectivity index (χ1) is 16.3. The lowest BCUT2D eigenvalue weighted by Crippen LogP contribution is -3.16. The summed E-state index contributed by atoms with van der Waals surface area (Å²) in [4.78, 5) is 10.7. The van der Waals surface area contributed by atoms with Crippen LogP contribution >= 0.6 is 0 Å². The molecule has 0 aromatic heterocycles. The summed E-state index contributed by atoms with van der Waals surface area (Å²) in [6.45, 7) is 9.03. The number of hydrogen-bond acceptors (Lipinski definition) is 6. The molecule has 0 amide bonds. The standard InChI is InChI=1S/C25H46N6O2/c1-2-5-21-19(4-1)14-18(16-27-21)17-31-9-3-6-22(31)25-28-24(29-33-25)20-7-8-26-23(15-20)30-10-12-32-13-11-30/h18-29H,1-17H2/p+2. The first kappa shape index (κ1) is 23.1. The summed E-state index contributed by atoms with van der Waals surface area (Å²) in [6, 6.07) is 1.41. The van der Waals surface area contributed by atoms with E-state index in [9.17, 15) is 0 Å².